The summed E-state index contributed by atoms with van der Waals surface area (Å²) in [6, 6.07) is 11.1. The molecule has 2 aliphatic heterocycles. The van der Waals surface area contributed by atoms with E-state index >= 15 is 0 Å². The molecule has 2 amide bonds. The Labute approximate surface area is 164 Å². The molecule has 1 saturated heterocycles. The van der Waals surface area contributed by atoms with Crippen LogP contribution < -0.4 is 15.0 Å². The lowest BCUT2D eigenvalue weighted by Gasteiger charge is -2.27. The quantitative estimate of drug-likeness (QED) is 0.829. The summed E-state index contributed by atoms with van der Waals surface area (Å²) in [4.78, 5) is 29.0. The minimum absolute atomic E-state index is 0.0110. The Kier molecular flexibility index (Phi) is 5.62. The third-order valence-electron chi connectivity index (χ3n) is 5.28. The molecule has 1 aromatic carbocycles. The maximum Gasteiger partial charge on any atom is 0.240 e. The van der Waals surface area contributed by atoms with Gasteiger partial charge in [-0.25, -0.2) is 0 Å². The van der Waals surface area contributed by atoms with Gasteiger partial charge in [0.1, 0.15) is 18.1 Å². The molecular weight excluding hydrogens is 358 g/mol. The highest BCUT2D eigenvalue weighted by molar-refractivity contribution is 6.00. The number of nitrogens with one attached hydrogen (secondary N) is 1. The van der Waals surface area contributed by atoms with E-state index in [1.807, 2.05) is 36.4 Å². The minimum atomic E-state index is -0.194. The third-order valence-corrected chi connectivity index (χ3v) is 5.28. The summed E-state index contributed by atoms with van der Waals surface area (Å²) in [5.74, 6) is 1.18. The Hall–Kier alpha value is -2.80. The van der Waals surface area contributed by atoms with Crippen LogP contribution in [0.1, 0.15) is 31.1 Å². The van der Waals surface area contributed by atoms with Crippen LogP contribution in [0.2, 0.25) is 0 Å². The van der Waals surface area contributed by atoms with E-state index in [9.17, 15) is 9.59 Å². The SMILES string of the molecule is O=C(CN1C(=O)CCOc2ccccc21)NCC(c1ccco1)N1CCCC1. The van der Waals surface area contributed by atoms with Gasteiger partial charge in [-0.3, -0.25) is 19.4 Å². The number of carbonyl (C=O) groups excluding carboxylic acids is 2. The van der Waals surface area contributed by atoms with Crippen molar-refractivity contribution in [1.82, 2.24) is 10.2 Å². The predicted octanol–water partition coefficient (Wildman–Crippen LogP) is 2.35. The molecule has 2 aliphatic rings. The average molecular weight is 383 g/mol. The van der Waals surface area contributed by atoms with Crippen molar-refractivity contribution in [2.75, 3.05) is 37.7 Å². The van der Waals surface area contributed by atoms with Gasteiger partial charge in [-0.15, -0.1) is 0 Å². The Morgan fingerprint density at radius 1 is 1.14 bits per heavy atom. The topological polar surface area (TPSA) is 75.0 Å². The van der Waals surface area contributed by atoms with E-state index in [1.165, 1.54) is 4.90 Å². The molecule has 2 aromatic rings. The van der Waals surface area contributed by atoms with Crippen molar-refractivity contribution in [3.63, 3.8) is 0 Å². The normalized spacial score (nSPS) is 18.3. The Bertz CT molecular complexity index is 815. The van der Waals surface area contributed by atoms with Gasteiger partial charge in [-0.1, -0.05) is 12.1 Å². The van der Waals surface area contributed by atoms with Crippen LogP contribution in [0.4, 0.5) is 5.69 Å². The summed E-state index contributed by atoms with van der Waals surface area (Å²) in [7, 11) is 0. The lowest BCUT2D eigenvalue weighted by Crippen LogP contribution is -2.43. The first-order chi connectivity index (χ1) is 13.7. The molecule has 1 atom stereocenters. The second-order valence-electron chi connectivity index (χ2n) is 7.12. The third kappa shape index (κ3) is 4.04. The van der Waals surface area contributed by atoms with Crippen molar-refractivity contribution >= 4 is 17.5 Å². The number of likely N-dealkylation sites (tertiary alicyclic amines) is 1. The number of amides is 2. The summed E-state index contributed by atoms with van der Waals surface area (Å²) in [5.41, 5.74) is 0.641. The highest BCUT2D eigenvalue weighted by Crippen LogP contribution is 2.31. The number of hydrogen-bond acceptors (Lipinski definition) is 5. The van der Waals surface area contributed by atoms with Crippen LogP contribution in [-0.4, -0.2) is 49.5 Å². The van der Waals surface area contributed by atoms with Crippen LogP contribution in [0.5, 0.6) is 5.75 Å². The molecule has 1 unspecified atom stereocenters. The zero-order valence-corrected chi connectivity index (χ0v) is 15.8. The van der Waals surface area contributed by atoms with Gasteiger partial charge in [0.15, 0.2) is 0 Å². The zero-order chi connectivity index (χ0) is 19.3. The summed E-state index contributed by atoms with van der Waals surface area (Å²) >= 11 is 0. The molecule has 4 rings (SSSR count). The first-order valence-corrected chi connectivity index (χ1v) is 9.79. The molecular formula is C21H25N3O4. The van der Waals surface area contributed by atoms with Gasteiger partial charge in [-0.2, -0.15) is 0 Å². The Balaban J connectivity index is 1.42. The van der Waals surface area contributed by atoms with Gasteiger partial charge < -0.3 is 14.5 Å². The number of ether oxygens (including phenoxy) is 1. The van der Waals surface area contributed by atoms with Crippen LogP contribution in [0.3, 0.4) is 0 Å². The van der Waals surface area contributed by atoms with Gasteiger partial charge >= 0.3 is 0 Å². The first-order valence-electron chi connectivity index (χ1n) is 9.79. The monoisotopic (exact) mass is 383 g/mol. The molecule has 148 valence electrons. The number of benzene rings is 1. The van der Waals surface area contributed by atoms with Gasteiger partial charge in [0, 0.05) is 6.54 Å². The van der Waals surface area contributed by atoms with Crippen LogP contribution in [0.15, 0.2) is 47.1 Å². The van der Waals surface area contributed by atoms with E-state index in [2.05, 4.69) is 10.2 Å². The van der Waals surface area contributed by atoms with E-state index in [1.54, 1.807) is 6.26 Å². The largest absolute Gasteiger partial charge is 0.491 e. The fraction of sp³-hybridized carbons (Fsp3) is 0.429. The van der Waals surface area contributed by atoms with Crippen LogP contribution >= 0.6 is 0 Å². The molecule has 7 nitrogen and oxygen atoms in total. The number of hydrogen-bond donors (Lipinski definition) is 1. The molecule has 0 aliphatic carbocycles. The number of rotatable bonds is 6. The number of para-hydroxylation sites is 2. The lowest BCUT2D eigenvalue weighted by atomic mass is 10.2. The van der Waals surface area contributed by atoms with E-state index in [0.717, 1.165) is 31.7 Å². The molecule has 1 aromatic heterocycles. The molecule has 3 heterocycles. The van der Waals surface area contributed by atoms with Crippen molar-refractivity contribution in [2.45, 2.75) is 25.3 Å². The summed E-state index contributed by atoms with van der Waals surface area (Å²) in [6.07, 6.45) is 4.23. The second-order valence-corrected chi connectivity index (χ2v) is 7.12. The highest BCUT2D eigenvalue weighted by atomic mass is 16.5. The number of furan rings is 1. The Morgan fingerprint density at radius 2 is 1.96 bits per heavy atom. The average Bonchev–Trinajstić information content (AvgIpc) is 3.39. The molecule has 0 saturated carbocycles. The second kappa shape index (κ2) is 8.48. The number of carbonyl (C=O) groups is 2. The smallest absolute Gasteiger partial charge is 0.240 e. The number of nitrogens with zero attached hydrogens (tertiary/aromatic N) is 2. The minimum Gasteiger partial charge on any atom is -0.491 e. The van der Waals surface area contributed by atoms with Crippen molar-refractivity contribution < 1.29 is 18.7 Å². The number of fused-ring (bicyclic) bond motifs is 1. The fourth-order valence-electron chi connectivity index (χ4n) is 3.85. The molecule has 28 heavy (non-hydrogen) atoms. The van der Waals surface area contributed by atoms with Gasteiger partial charge in [-0.05, 0) is 50.2 Å². The van der Waals surface area contributed by atoms with Crippen LogP contribution in [-0.2, 0) is 9.59 Å². The molecule has 0 bridgehead atoms. The zero-order valence-electron chi connectivity index (χ0n) is 15.8. The van der Waals surface area contributed by atoms with E-state index in [-0.39, 0.29) is 30.8 Å². The summed E-state index contributed by atoms with van der Waals surface area (Å²) in [5, 5.41) is 2.99. The molecule has 7 heteroatoms. The molecule has 1 fully saturated rings. The number of anilines is 1. The van der Waals surface area contributed by atoms with Gasteiger partial charge in [0.25, 0.3) is 0 Å². The van der Waals surface area contributed by atoms with E-state index in [4.69, 9.17) is 9.15 Å². The maximum absolute atomic E-state index is 12.7. The Morgan fingerprint density at radius 3 is 2.75 bits per heavy atom. The van der Waals surface area contributed by atoms with Crippen molar-refractivity contribution in [3.05, 3.63) is 48.4 Å². The molecule has 1 N–H and O–H groups in total. The fourth-order valence-corrected chi connectivity index (χ4v) is 3.85. The summed E-state index contributed by atoms with van der Waals surface area (Å²) < 4.78 is 11.2. The van der Waals surface area contributed by atoms with Crippen molar-refractivity contribution in [3.8, 4) is 5.75 Å². The van der Waals surface area contributed by atoms with Crippen LogP contribution in [0.25, 0.3) is 0 Å². The maximum atomic E-state index is 12.7. The predicted molar refractivity (Wildman–Crippen MR) is 104 cm³/mol. The van der Waals surface area contributed by atoms with E-state index in [0.29, 0.717) is 24.6 Å². The van der Waals surface area contributed by atoms with Crippen molar-refractivity contribution in [2.24, 2.45) is 0 Å². The molecule has 0 radical (unpaired) electrons. The van der Waals surface area contributed by atoms with Gasteiger partial charge in [0.05, 0.1) is 31.0 Å². The first kappa shape index (κ1) is 18.6. The summed E-state index contributed by atoms with van der Waals surface area (Å²) in [6.45, 7) is 2.74. The lowest BCUT2D eigenvalue weighted by molar-refractivity contribution is -0.124. The van der Waals surface area contributed by atoms with E-state index < -0.39 is 0 Å². The van der Waals surface area contributed by atoms with Gasteiger partial charge in [0.2, 0.25) is 11.8 Å². The standard InChI is InChI=1S/C21H25N3O4/c25-20(15-24-16-6-1-2-7-18(16)28-13-9-21(24)26)22-14-17(19-8-5-12-27-19)23-10-3-4-11-23/h1-2,5-8,12,17H,3-4,9-11,13-15H2,(H,22,25). The van der Waals surface area contributed by atoms with Crippen molar-refractivity contribution in [1.29, 1.82) is 0 Å². The highest BCUT2D eigenvalue weighted by Gasteiger charge is 2.28. The molecule has 0 spiro atoms. The van der Waals surface area contributed by atoms with Crippen LogP contribution in [0, 0.1) is 0 Å².